The molecule has 0 amide bonds. The van der Waals surface area contributed by atoms with Gasteiger partial charge in [0, 0.05) is 13.1 Å². The zero-order valence-corrected chi connectivity index (χ0v) is 11.1. The Balaban J connectivity index is 2.28. The molecule has 100 valence electrons. The summed E-state index contributed by atoms with van der Waals surface area (Å²) in [5.41, 5.74) is 1.43. The van der Waals surface area contributed by atoms with Gasteiger partial charge in [0.25, 0.3) is 0 Å². The molecule has 2 rings (SSSR count). The highest BCUT2D eigenvalue weighted by molar-refractivity contribution is 5.89. The van der Waals surface area contributed by atoms with E-state index in [1.54, 1.807) is 12.1 Å². The van der Waals surface area contributed by atoms with Crippen LogP contribution in [0.5, 0.6) is 0 Å². The van der Waals surface area contributed by atoms with Gasteiger partial charge in [0.2, 0.25) is 0 Å². The molecule has 0 heterocycles. The minimum atomic E-state index is -0.997. The van der Waals surface area contributed by atoms with Crippen molar-refractivity contribution in [3.63, 3.8) is 0 Å². The first-order valence-corrected chi connectivity index (χ1v) is 6.63. The molecule has 4 heteroatoms. The Hall–Kier alpha value is -2.02. The normalized spacial score (nSPS) is 15.8. The van der Waals surface area contributed by atoms with E-state index in [9.17, 15) is 10.1 Å². The molecule has 0 atom stereocenters. The van der Waals surface area contributed by atoms with E-state index >= 15 is 0 Å². The van der Waals surface area contributed by atoms with E-state index < -0.39 is 5.97 Å². The molecule has 0 spiro atoms. The summed E-state index contributed by atoms with van der Waals surface area (Å²) in [4.78, 5) is 13.1. The molecule has 4 nitrogen and oxygen atoms in total. The lowest BCUT2D eigenvalue weighted by molar-refractivity contribution is 0.0697. The summed E-state index contributed by atoms with van der Waals surface area (Å²) < 4.78 is 0. The lowest BCUT2D eigenvalue weighted by Gasteiger charge is -2.33. The van der Waals surface area contributed by atoms with Crippen LogP contribution in [0, 0.1) is 11.3 Å². The van der Waals surface area contributed by atoms with E-state index in [0.717, 1.165) is 18.5 Å². The van der Waals surface area contributed by atoms with Gasteiger partial charge >= 0.3 is 5.97 Å². The van der Waals surface area contributed by atoms with Gasteiger partial charge in [0.15, 0.2) is 0 Å². The molecule has 1 N–H and O–H groups in total. The summed E-state index contributed by atoms with van der Waals surface area (Å²) in [6.07, 6.45) is 6.02. The Morgan fingerprint density at radius 2 is 2.05 bits per heavy atom. The predicted octanol–water partition coefficient (Wildman–Crippen LogP) is 3.03. The molecule has 1 aliphatic carbocycles. The van der Waals surface area contributed by atoms with E-state index in [0.29, 0.717) is 11.6 Å². The second kappa shape index (κ2) is 5.75. The van der Waals surface area contributed by atoms with Crippen molar-refractivity contribution in [1.29, 1.82) is 5.26 Å². The summed E-state index contributed by atoms with van der Waals surface area (Å²) in [6, 6.07) is 7.33. The number of carbonyl (C=O) groups is 1. The second-order valence-corrected chi connectivity index (χ2v) is 5.05. The molecule has 0 saturated heterocycles. The highest BCUT2D eigenvalue weighted by Gasteiger charge is 2.20. The van der Waals surface area contributed by atoms with Gasteiger partial charge in [0.1, 0.15) is 6.07 Å². The maximum absolute atomic E-state index is 10.9. The first kappa shape index (κ1) is 13.4. The number of rotatable bonds is 3. The smallest absolute Gasteiger partial charge is 0.335 e. The molecule has 1 aromatic carbocycles. The van der Waals surface area contributed by atoms with Gasteiger partial charge in [-0.1, -0.05) is 19.3 Å². The molecular formula is C15H18N2O2. The quantitative estimate of drug-likeness (QED) is 0.905. The lowest BCUT2D eigenvalue weighted by atomic mass is 9.93. The average molecular weight is 258 g/mol. The van der Waals surface area contributed by atoms with Crippen LogP contribution in [0.4, 0.5) is 5.69 Å². The fourth-order valence-corrected chi connectivity index (χ4v) is 2.73. The molecular weight excluding hydrogens is 240 g/mol. The zero-order valence-electron chi connectivity index (χ0n) is 11.1. The summed E-state index contributed by atoms with van der Waals surface area (Å²) in [5.74, 6) is -0.997. The van der Waals surface area contributed by atoms with Crippen molar-refractivity contribution in [1.82, 2.24) is 0 Å². The van der Waals surface area contributed by atoms with Gasteiger partial charge in [0.05, 0.1) is 16.8 Å². The van der Waals surface area contributed by atoms with E-state index in [1.165, 1.54) is 25.3 Å². The van der Waals surface area contributed by atoms with E-state index in [1.807, 2.05) is 7.05 Å². The Morgan fingerprint density at radius 1 is 1.37 bits per heavy atom. The van der Waals surface area contributed by atoms with Crippen LogP contribution in [0.15, 0.2) is 18.2 Å². The van der Waals surface area contributed by atoms with Crippen LogP contribution in [0.1, 0.15) is 48.0 Å². The number of carboxylic acids is 1. The number of hydrogen-bond acceptors (Lipinski definition) is 3. The predicted molar refractivity (Wildman–Crippen MR) is 73.4 cm³/mol. The van der Waals surface area contributed by atoms with Crippen LogP contribution >= 0.6 is 0 Å². The maximum Gasteiger partial charge on any atom is 0.335 e. The Labute approximate surface area is 113 Å². The third kappa shape index (κ3) is 2.87. The number of carboxylic acid groups (broad SMARTS) is 1. The summed E-state index contributed by atoms with van der Waals surface area (Å²) >= 11 is 0. The van der Waals surface area contributed by atoms with Gasteiger partial charge in [-0.15, -0.1) is 0 Å². The van der Waals surface area contributed by atoms with E-state index in [4.69, 9.17) is 5.11 Å². The van der Waals surface area contributed by atoms with Crippen molar-refractivity contribution in [2.45, 2.75) is 38.1 Å². The van der Waals surface area contributed by atoms with E-state index in [2.05, 4.69) is 11.0 Å². The largest absolute Gasteiger partial charge is 0.478 e. The molecule has 1 fully saturated rings. The van der Waals surface area contributed by atoms with Crippen LogP contribution < -0.4 is 4.90 Å². The average Bonchev–Trinajstić information content (AvgIpc) is 2.46. The third-order valence-electron chi connectivity index (χ3n) is 3.87. The van der Waals surface area contributed by atoms with Crippen LogP contribution in [0.3, 0.4) is 0 Å². The molecule has 0 unspecified atom stereocenters. The Kier molecular flexibility index (Phi) is 4.06. The topological polar surface area (TPSA) is 64.3 Å². The van der Waals surface area contributed by atoms with Crippen molar-refractivity contribution in [2.24, 2.45) is 0 Å². The molecule has 1 saturated carbocycles. The maximum atomic E-state index is 10.9. The number of hydrogen-bond donors (Lipinski definition) is 1. The number of nitriles is 1. The fraction of sp³-hybridized carbons (Fsp3) is 0.467. The lowest BCUT2D eigenvalue weighted by Crippen LogP contribution is -2.33. The van der Waals surface area contributed by atoms with Gasteiger partial charge in [-0.2, -0.15) is 5.26 Å². The standard InChI is InChI=1S/C15H18N2O2/c1-17(13-5-3-2-4-6-13)14-8-7-11(15(18)19)9-12(14)10-16/h7-9,13H,2-6H2,1H3,(H,18,19). The number of anilines is 1. The Morgan fingerprint density at radius 3 is 2.63 bits per heavy atom. The van der Waals surface area contributed by atoms with Crippen molar-refractivity contribution in [3.05, 3.63) is 29.3 Å². The van der Waals surface area contributed by atoms with Gasteiger partial charge in [-0.25, -0.2) is 4.79 Å². The Bertz CT molecular complexity index is 513. The van der Waals surface area contributed by atoms with Gasteiger partial charge in [-0.3, -0.25) is 0 Å². The van der Waals surface area contributed by atoms with Crippen molar-refractivity contribution < 1.29 is 9.90 Å². The molecule has 19 heavy (non-hydrogen) atoms. The van der Waals surface area contributed by atoms with Crippen molar-refractivity contribution in [2.75, 3.05) is 11.9 Å². The second-order valence-electron chi connectivity index (χ2n) is 5.05. The van der Waals surface area contributed by atoms with E-state index in [-0.39, 0.29) is 5.56 Å². The molecule has 1 aliphatic rings. The van der Waals surface area contributed by atoms with Crippen molar-refractivity contribution >= 4 is 11.7 Å². The SMILES string of the molecule is CN(c1ccc(C(=O)O)cc1C#N)C1CCCCC1. The van der Waals surface area contributed by atoms with Crippen molar-refractivity contribution in [3.8, 4) is 6.07 Å². The number of nitrogens with zero attached hydrogens (tertiary/aromatic N) is 2. The summed E-state index contributed by atoms with van der Waals surface area (Å²) in [5, 5.41) is 18.2. The monoisotopic (exact) mass is 258 g/mol. The third-order valence-corrected chi connectivity index (χ3v) is 3.87. The molecule has 0 bridgehead atoms. The van der Waals surface area contributed by atoms with Crippen LogP contribution in [-0.2, 0) is 0 Å². The first-order valence-electron chi connectivity index (χ1n) is 6.63. The van der Waals surface area contributed by atoms with Crippen LogP contribution in [0.2, 0.25) is 0 Å². The number of aromatic carboxylic acids is 1. The highest BCUT2D eigenvalue weighted by atomic mass is 16.4. The fourth-order valence-electron chi connectivity index (χ4n) is 2.73. The van der Waals surface area contributed by atoms with Gasteiger partial charge < -0.3 is 10.0 Å². The minimum Gasteiger partial charge on any atom is -0.478 e. The molecule has 0 aromatic heterocycles. The molecule has 1 aromatic rings. The summed E-state index contributed by atoms with van der Waals surface area (Å²) in [6.45, 7) is 0. The highest BCUT2D eigenvalue weighted by Crippen LogP contribution is 2.28. The minimum absolute atomic E-state index is 0.164. The number of benzene rings is 1. The molecule has 0 aliphatic heterocycles. The van der Waals surface area contributed by atoms with Crippen LogP contribution in [-0.4, -0.2) is 24.2 Å². The van der Waals surface area contributed by atoms with Crippen LogP contribution in [0.25, 0.3) is 0 Å². The van der Waals surface area contributed by atoms with Gasteiger partial charge in [-0.05, 0) is 31.0 Å². The zero-order chi connectivity index (χ0) is 13.8. The molecule has 0 radical (unpaired) electrons. The first-order chi connectivity index (χ1) is 9.13. The summed E-state index contributed by atoms with van der Waals surface area (Å²) in [7, 11) is 1.99.